The van der Waals surface area contributed by atoms with Gasteiger partial charge < -0.3 is 10.8 Å². The molecule has 2 rings (SSSR count). The fourth-order valence-corrected chi connectivity index (χ4v) is 3.20. The van der Waals surface area contributed by atoms with E-state index in [0.717, 1.165) is 16.7 Å². The van der Waals surface area contributed by atoms with E-state index in [0.29, 0.717) is 5.69 Å². The minimum Gasteiger partial charge on any atom is -0.399 e. The second-order valence-electron chi connectivity index (χ2n) is 5.30. The Morgan fingerprint density at radius 2 is 1.82 bits per heavy atom. The molecule has 5 nitrogen and oxygen atoms in total. The standard InChI is InChI=1S/C16H20N2O3S/c1-11-3-6-14(17)9-16(11)13-4-7-15(8-5-13)22(20,21)18-10-12(2)19/h3-9,12,18-19H,10,17H2,1-2H3. The molecule has 0 aromatic heterocycles. The van der Waals surface area contributed by atoms with Crippen LogP contribution in [0.25, 0.3) is 11.1 Å². The normalized spacial score (nSPS) is 13.0. The van der Waals surface area contributed by atoms with Crippen LogP contribution in [-0.4, -0.2) is 26.2 Å². The van der Waals surface area contributed by atoms with Gasteiger partial charge in [-0.1, -0.05) is 18.2 Å². The molecule has 0 radical (unpaired) electrons. The number of hydrogen-bond acceptors (Lipinski definition) is 4. The van der Waals surface area contributed by atoms with Crippen molar-refractivity contribution in [2.45, 2.75) is 24.8 Å². The highest BCUT2D eigenvalue weighted by atomic mass is 32.2. The Kier molecular flexibility index (Phi) is 4.85. The number of nitrogens with two attached hydrogens (primary N) is 1. The predicted octanol–water partition coefficient (Wildman–Crippen LogP) is 1.90. The van der Waals surface area contributed by atoms with Crippen molar-refractivity contribution >= 4 is 15.7 Å². The van der Waals surface area contributed by atoms with Gasteiger partial charge in [-0.25, -0.2) is 13.1 Å². The topological polar surface area (TPSA) is 92.4 Å². The Bertz CT molecular complexity index is 753. The number of benzene rings is 2. The second kappa shape index (κ2) is 6.48. The highest BCUT2D eigenvalue weighted by molar-refractivity contribution is 7.89. The van der Waals surface area contributed by atoms with Crippen molar-refractivity contribution in [3.63, 3.8) is 0 Å². The Hall–Kier alpha value is -1.89. The van der Waals surface area contributed by atoms with Crippen LogP contribution in [-0.2, 0) is 10.0 Å². The molecule has 0 aliphatic carbocycles. The first kappa shape index (κ1) is 16.5. The summed E-state index contributed by atoms with van der Waals surface area (Å²) < 4.78 is 26.5. The van der Waals surface area contributed by atoms with Crippen LogP contribution < -0.4 is 10.5 Å². The molecule has 0 bridgehead atoms. The van der Waals surface area contributed by atoms with Gasteiger partial charge >= 0.3 is 0 Å². The number of rotatable bonds is 5. The smallest absolute Gasteiger partial charge is 0.240 e. The first-order valence-corrected chi connectivity index (χ1v) is 8.42. The maximum absolute atomic E-state index is 12.1. The Morgan fingerprint density at radius 1 is 1.18 bits per heavy atom. The molecule has 0 fully saturated rings. The third-order valence-electron chi connectivity index (χ3n) is 3.31. The van der Waals surface area contributed by atoms with E-state index in [9.17, 15) is 13.5 Å². The lowest BCUT2D eigenvalue weighted by Crippen LogP contribution is -2.30. The van der Waals surface area contributed by atoms with Crippen molar-refractivity contribution in [3.05, 3.63) is 48.0 Å². The van der Waals surface area contributed by atoms with Crippen LogP contribution in [0, 0.1) is 6.92 Å². The van der Waals surface area contributed by atoms with Crippen molar-refractivity contribution in [2.24, 2.45) is 0 Å². The number of anilines is 1. The van der Waals surface area contributed by atoms with Crippen molar-refractivity contribution in [1.29, 1.82) is 0 Å². The molecule has 4 N–H and O–H groups in total. The maximum Gasteiger partial charge on any atom is 0.240 e. The molecular weight excluding hydrogens is 300 g/mol. The quantitative estimate of drug-likeness (QED) is 0.734. The minimum atomic E-state index is -3.61. The largest absolute Gasteiger partial charge is 0.399 e. The van der Waals surface area contributed by atoms with Crippen LogP contribution in [0.2, 0.25) is 0 Å². The van der Waals surface area contributed by atoms with Gasteiger partial charge in [-0.3, -0.25) is 0 Å². The summed E-state index contributed by atoms with van der Waals surface area (Å²) in [5.41, 5.74) is 9.41. The number of nitrogen functional groups attached to an aromatic ring is 1. The lowest BCUT2D eigenvalue weighted by Gasteiger charge is -2.10. The molecule has 0 aliphatic rings. The summed E-state index contributed by atoms with van der Waals surface area (Å²) in [7, 11) is -3.61. The molecule has 0 amide bonds. The molecular formula is C16H20N2O3S. The lowest BCUT2D eigenvalue weighted by molar-refractivity contribution is 0.198. The van der Waals surface area contributed by atoms with Crippen LogP contribution in [0.5, 0.6) is 0 Å². The Balaban J connectivity index is 2.29. The molecule has 118 valence electrons. The van der Waals surface area contributed by atoms with Crippen LogP contribution in [0.3, 0.4) is 0 Å². The highest BCUT2D eigenvalue weighted by Gasteiger charge is 2.14. The van der Waals surface area contributed by atoms with Crippen molar-refractivity contribution in [2.75, 3.05) is 12.3 Å². The summed E-state index contributed by atoms with van der Waals surface area (Å²) in [6.07, 6.45) is -0.732. The molecule has 2 aromatic rings. The summed E-state index contributed by atoms with van der Waals surface area (Å²) in [5, 5.41) is 9.17. The summed E-state index contributed by atoms with van der Waals surface area (Å²) in [6, 6.07) is 12.2. The number of sulfonamides is 1. The number of aliphatic hydroxyl groups is 1. The first-order chi connectivity index (χ1) is 10.3. The van der Waals surface area contributed by atoms with E-state index in [2.05, 4.69) is 4.72 Å². The lowest BCUT2D eigenvalue weighted by atomic mass is 10.0. The SMILES string of the molecule is Cc1ccc(N)cc1-c1ccc(S(=O)(=O)NCC(C)O)cc1. The number of hydrogen-bond donors (Lipinski definition) is 3. The number of aliphatic hydroxyl groups excluding tert-OH is 1. The first-order valence-electron chi connectivity index (χ1n) is 6.94. The van der Waals surface area contributed by atoms with Crippen LogP contribution >= 0.6 is 0 Å². The van der Waals surface area contributed by atoms with Gasteiger partial charge in [0.2, 0.25) is 10.0 Å². The third-order valence-corrected chi connectivity index (χ3v) is 4.75. The second-order valence-corrected chi connectivity index (χ2v) is 7.07. The van der Waals surface area contributed by atoms with E-state index >= 15 is 0 Å². The molecule has 0 saturated carbocycles. The van der Waals surface area contributed by atoms with Gasteiger partial charge in [-0.2, -0.15) is 0 Å². The third kappa shape index (κ3) is 3.85. The van der Waals surface area contributed by atoms with Crippen molar-refractivity contribution in [1.82, 2.24) is 4.72 Å². The van der Waals surface area contributed by atoms with E-state index < -0.39 is 16.1 Å². The van der Waals surface area contributed by atoms with E-state index in [4.69, 9.17) is 5.73 Å². The van der Waals surface area contributed by atoms with E-state index in [1.54, 1.807) is 24.3 Å². The fraction of sp³-hybridized carbons (Fsp3) is 0.250. The Morgan fingerprint density at radius 3 is 2.41 bits per heavy atom. The van der Waals surface area contributed by atoms with Gasteiger partial charge in [0.15, 0.2) is 0 Å². The molecule has 0 spiro atoms. The van der Waals surface area contributed by atoms with Gasteiger partial charge in [0, 0.05) is 12.2 Å². The number of aryl methyl sites for hydroxylation is 1. The fourth-order valence-electron chi connectivity index (χ4n) is 2.08. The average Bonchev–Trinajstić information content (AvgIpc) is 2.48. The monoisotopic (exact) mass is 320 g/mol. The maximum atomic E-state index is 12.1. The zero-order valence-corrected chi connectivity index (χ0v) is 13.4. The molecule has 6 heteroatoms. The summed E-state index contributed by atoms with van der Waals surface area (Å²) in [5.74, 6) is 0. The van der Waals surface area contributed by atoms with Gasteiger partial charge in [0.25, 0.3) is 0 Å². The summed E-state index contributed by atoms with van der Waals surface area (Å²) in [4.78, 5) is 0.165. The van der Waals surface area contributed by atoms with E-state index in [-0.39, 0.29) is 11.4 Å². The van der Waals surface area contributed by atoms with Crippen molar-refractivity contribution in [3.8, 4) is 11.1 Å². The average molecular weight is 320 g/mol. The van der Waals surface area contributed by atoms with Gasteiger partial charge in [-0.15, -0.1) is 0 Å². The minimum absolute atomic E-state index is 0.0155. The van der Waals surface area contributed by atoms with Crippen LogP contribution in [0.1, 0.15) is 12.5 Å². The summed E-state index contributed by atoms with van der Waals surface area (Å²) in [6.45, 7) is 3.48. The highest BCUT2D eigenvalue weighted by Crippen LogP contribution is 2.26. The zero-order chi connectivity index (χ0) is 16.3. The molecule has 0 saturated heterocycles. The van der Waals surface area contributed by atoms with E-state index in [1.807, 2.05) is 25.1 Å². The van der Waals surface area contributed by atoms with Crippen LogP contribution in [0.4, 0.5) is 5.69 Å². The number of nitrogens with one attached hydrogen (secondary N) is 1. The molecule has 2 aromatic carbocycles. The molecule has 22 heavy (non-hydrogen) atoms. The Labute approximate surface area is 130 Å². The van der Waals surface area contributed by atoms with Gasteiger partial charge in [-0.05, 0) is 54.8 Å². The predicted molar refractivity (Wildman–Crippen MR) is 87.9 cm³/mol. The van der Waals surface area contributed by atoms with Crippen LogP contribution in [0.15, 0.2) is 47.4 Å². The molecule has 0 heterocycles. The molecule has 0 aliphatic heterocycles. The van der Waals surface area contributed by atoms with Gasteiger partial charge in [0.1, 0.15) is 0 Å². The van der Waals surface area contributed by atoms with Crippen molar-refractivity contribution < 1.29 is 13.5 Å². The molecule has 1 unspecified atom stereocenters. The van der Waals surface area contributed by atoms with E-state index in [1.165, 1.54) is 6.92 Å². The van der Waals surface area contributed by atoms with Gasteiger partial charge in [0.05, 0.1) is 11.0 Å². The molecule has 1 atom stereocenters. The zero-order valence-electron chi connectivity index (χ0n) is 12.6. The summed E-state index contributed by atoms with van der Waals surface area (Å²) >= 11 is 0.